The Bertz CT molecular complexity index is 641. The summed E-state index contributed by atoms with van der Waals surface area (Å²) in [6, 6.07) is 4.96. The summed E-state index contributed by atoms with van der Waals surface area (Å²) in [7, 11) is 3.42. The number of aryl methyl sites for hydroxylation is 1. The molecule has 0 radical (unpaired) electrons. The molecule has 3 rings (SSSR count). The molecule has 1 aliphatic carbocycles. The minimum Gasteiger partial charge on any atom is -0.493 e. The molecule has 5 nitrogen and oxygen atoms in total. The first-order chi connectivity index (χ1) is 13.7. The molecule has 1 aliphatic heterocycles. The van der Waals surface area contributed by atoms with E-state index in [0.717, 1.165) is 49.6 Å². The third-order valence-corrected chi connectivity index (χ3v) is 6.47. The summed E-state index contributed by atoms with van der Waals surface area (Å²) in [4.78, 5) is 15.8. The Labute approximate surface area is 170 Å². The number of nitrogens with zero attached hydrogens (tertiary/aromatic N) is 2. The van der Waals surface area contributed by atoms with Crippen molar-refractivity contribution in [3.05, 3.63) is 23.3 Å². The van der Waals surface area contributed by atoms with Crippen LogP contribution < -0.4 is 9.47 Å². The molecule has 156 valence electrons. The number of benzene rings is 1. The minimum atomic E-state index is 0.593. The topological polar surface area (TPSA) is 42.0 Å². The Balaban J connectivity index is 1.64. The Morgan fingerprint density at radius 1 is 1.11 bits per heavy atom. The van der Waals surface area contributed by atoms with Gasteiger partial charge in [-0.25, -0.2) is 0 Å². The van der Waals surface area contributed by atoms with Gasteiger partial charge in [-0.05, 0) is 87.3 Å². The van der Waals surface area contributed by atoms with Crippen LogP contribution >= 0.6 is 0 Å². The zero-order valence-corrected chi connectivity index (χ0v) is 17.8. The fourth-order valence-electron chi connectivity index (χ4n) is 4.87. The first-order valence-electron chi connectivity index (χ1n) is 10.8. The molecule has 1 heterocycles. The normalized spacial score (nSPS) is 20.8. The number of ether oxygens (including phenoxy) is 2. The molecule has 0 spiro atoms. The molecule has 1 saturated heterocycles. The Hall–Kier alpha value is -1.59. The largest absolute Gasteiger partial charge is 0.493 e. The van der Waals surface area contributed by atoms with Crippen LogP contribution in [-0.4, -0.2) is 69.1 Å². The van der Waals surface area contributed by atoms with E-state index >= 15 is 0 Å². The van der Waals surface area contributed by atoms with Gasteiger partial charge >= 0.3 is 0 Å². The quantitative estimate of drug-likeness (QED) is 0.608. The number of carbonyl (C=O) groups excluding carboxylic acids is 1. The molecule has 1 aromatic carbocycles. The number of aldehydes is 1. The molecule has 1 fully saturated rings. The lowest BCUT2D eigenvalue weighted by Crippen LogP contribution is -2.45. The monoisotopic (exact) mass is 388 g/mol. The number of likely N-dealkylation sites (tertiary alicyclic amines) is 1. The van der Waals surface area contributed by atoms with E-state index in [2.05, 4.69) is 28.9 Å². The van der Waals surface area contributed by atoms with Crippen molar-refractivity contribution in [1.82, 2.24) is 9.80 Å². The van der Waals surface area contributed by atoms with Crippen LogP contribution in [0.25, 0.3) is 0 Å². The van der Waals surface area contributed by atoms with Crippen LogP contribution in [0.15, 0.2) is 12.1 Å². The highest BCUT2D eigenvalue weighted by Gasteiger charge is 2.28. The van der Waals surface area contributed by atoms with E-state index in [4.69, 9.17) is 9.47 Å². The molecule has 0 bridgehead atoms. The van der Waals surface area contributed by atoms with Crippen molar-refractivity contribution in [3.63, 3.8) is 0 Å². The summed E-state index contributed by atoms with van der Waals surface area (Å²) in [6.07, 6.45) is 8.07. The SMILES string of the molecule is CCCN(CC1CCN(CC=O)CC1)C1CCc2cc(OC)c(OC)cc2C1. The van der Waals surface area contributed by atoms with Crippen molar-refractivity contribution < 1.29 is 14.3 Å². The van der Waals surface area contributed by atoms with E-state index in [1.807, 2.05) is 0 Å². The number of rotatable bonds is 9. The van der Waals surface area contributed by atoms with Gasteiger partial charge in [0.2, 0.25) is 0 Å². The van der Waals surface area contributed by atoms with Gasteiger partial charge in [0.1, 0.15) is 6.29 Å². The van der Waals surface area contributed by atoms with E-state index in [1.165, 1.54) is 49.9 Å². The number of hydrogen-bond acceptors (Lipinski definition) is 5. The molecule has 5 heteroatoms. The van der Waals surface area contributed by atoms with Crippen LogP contribution in [0.4, 0.5) is 0 Å². The average molecular weight is 389 g/mol. The van der Waals surface area contributed by atoms with E-state index in [0.29, 0.717) is 12.6 Å². The van der Waals surface area contributed by atoms with Crippen molar-refractivity contribution in [2.75, 3.05) is 46.9 Å². The molecular weight excluding hydrogens is 352 g/mol. The van der Waals surface area contributed by atoms with Crippen molar-refractivity contribution in [1.29, 1.82) is 0 Å². The second-order valence-corrected chi connectivity index (χ2v) is 8.28. The fourth-order valence-corrected chi connectivity index (χ4v) is 4.87. The minimum absolute atomic E-state index is 0.593. The van der Waals surface area contributed by atoms with E-state index < -0.39 is 0 Å². The van der Waals surface area contributed by atoms with Gasteiger partial charge in [-0.1, -0.05) is 6.92 Å². The molecule has 2 aliphatic rings. The zero-order chi connectivity index (χ0) is 19.9. The molecule has 0 amide bonds. The molecule has 0 saturated carbocycles. The summed E-state index contributed by atoms with van der Waals surface area (Å²) in [5.41, 5.74) is 2.82. The summed E-state index contributed by atoms with van der Waals surface area (Å²) in [6.45, 7) is 7.36. The molecule has 0 N–H and O–H groups in total. The summed E-state index contributed by atoms with van der Waals surface area (Å²) < 4.78 is 11.0. The van der Waals surface area contributed by atoms with Crippen molar-refractivity contribution in [2.45, 2.75) is 51.5 Å². The van der Waals surface area contributed by atoms with Gasteiger partial charge in [0.25, 0.3) is 0 Å². The second kappa shape index (κ2) is 10.3. The molecular formula is C23H36N2O3. The van der Waals surface area contributed by atoms with Crippen molar-refractivity contribution in [2.24, 2.45) is 5.92 Å². The Kier molecular flexibility index (Phi) is 7.74. The predicted molar refractivity (Wildman–Crippen MR) is 112 cm³/mol. The summed E-state index contributed by atoms with van der Waals surface area (Å²) >= 11 is 0. The summed E-state index contributed by atoms with van der Waals surface area (Å²) in [5, 5.41) is 0. The van der Waals surface area contributed by atoms with Gasteiger partial charge in [-0.2, -0.15) is 0 Å². The maximum atomic E-state index is 10.7. The first kappa shape index (κ1) is 21.1. The number of methoxy groups -OCH3 is 2. The van der Waals surface area contributed by atoms with Gasteiger partial charge in [-0.15, -0.1) is 0 Å². The van der Waals surface area contributed by atoms with Gasteiger partial charge in [-0.3, -0.25) is 9.80 Å². The number of carbonyl (C=O) groups is 1. The molecule has 1 aromatic rings. The van der Waals surface area contributed by atoms with Gasteiger partial charge in [0.05, 0.1) is 20.8 Å². The number of piperidine rings is 1. The standard InChI is InChI=1S/C23H36N2O3/c1-4-9-25(17-18-7-10-24(11-8-18)12-13-26)21-6-5-19-15-22(27-2)23(28-3)16-20(19)14-21/h13,15-16,18,21H,4-12,14,17H2,1-3H3. The number of hydrogen-bond donors (Lipinski definition) is 0. The van der Waals surface area contributed by atoms with Crippen LogP contribution in [0.3, 0.4) is 0 Å². The highest BCUT2D eigenvalue weighted by atomic mass is 16.5. The lowest BCUT2D eigenvalue weighted by molar-refractivity contribution is -0.109. The first-order valence-corrected chi connectivity index (χ1v) is 10.8. The van der Waals surface area contributed by atoms with Crippen LogP contribution in [-0.2, 0) is 17.6 Å². The van der Waals surface area contributed by atoms with E-state index in [9.17, 15) is 4.79 Å². The molecule has 1 unspecified atom stereocenters. The average Bonchev–Trinajstić information content (AvgIpc) is 2.73. The van der Waals surface area contributed by atoms with Gasteiger partial charge in [0.15, 0.2) is 11.5 Å². The highest BCUT2D eigenvalue weighted by molar-refractivity contribution is 5.52. The van der Waals surface area contributed by atoms with E-state index in [1.54, 1.807) is 14.2 Å². The van der Waals surface area contributed by atoms with Crippen LogP contribution in [0.1, 0.15) is 43.7 Å². The van der Waals surface area contributed by atoms with Gasteiger partial charge < -0.3 is 14.3 Å². The fraction of sp³-hybridized carbons (Fsp3) is 0.696. The van der Waals surface area contributed by atoms with Crippen LogP contribution in [0, 0.1) is 5.92 Å². The van der Waals surface area contributed by atoms with E-state index in [-0.39, 0.29) is 0 Å². The van der Waals surface area contributed by atoms with Gasteiger partial charge in [0, 0.05) is 12.6 Å². The number of fused-ring (bicyclic) bond motifs is 1. The maximum Gasteiger partial charge on any atom is 0.161 e. The van der Waals surface area contributed by atoms with Crippen molar-refractivity contribution >= 4 is 6.29 Å². The predicted octanol–water partition coefficient (Wildman–Crippen LogP) is 3.18. The molecule has 28 heavy (non-hydrogen) atoms. The van der Waals surface area contributed by atoms with Crippen LogP contribution in [0.5, 0.6) is 11.5 Å². The Morgan fingerprint density at radius 3 is 2.39 bits per heavy atom. The molecule has 1 atom stereocenters. The van der Waals surface area contributed by atoms with Crippen LogP contribution in [0.2, 0.25) is 0 Å². The van der Waals surface area contributed by atoms with Crippen molar-refractivity contribution in [3.8, 4) is 11.5 Å². The third-order valence-electron chi connectivity index (χ3n) is 6.47. The Morgan fingerprint density at radius 2 is 1.79 bits per heavy atom. The molecule has 0 aromatic heterocycles. The maximum absolute atomic E-state index is 10.7. The smallest absolute Gasteiger partial charge is 0.161 e. The lowest BCUT2D eigenvalue weighted by atomic mass is 9.86. The lowest BCUT2D eigenvalue weighted by Gasteiger charge is -2.39. The summed E-state index contributed by atoms with van der Waals surface area (Å²) in [5.74, 6) is 2.43. The zero-order valence-electron chi connectivity index (χ0n) is 17.8. The second-order valence-electron chi connectivity index (χ2n) is 8.28. The highest BCUT2D eigenvalue weighted by Crippen LogP contribution is 2.35. The third kappa shape index (κ3) is 5.06.